The molecule has 10 heteroatoms. The highest BCUT2D eigenvalue weighted by molar-refractivity contribution is 7.89. The minimum atomic E-state index is -3.83. The van der Waals surface area contributed by atoms with E-state index in [0.29, 0.717) is 40.0 Å². The van der Waals surface area contributed by atoms with Gasteiger partial charge in [0.05, 0.1) is 10.6 Å². The maximum Gasteiger partial charge on any atom is 0.238 e. The van der Waals surface area contributed by atoms with Crippen LogP contribution in [-0.2, 0) is 10.0 Å². The Hall–Kier alpha value is -3.34. The van der Waals surface area contributed by atoms with Crippen LogP contribution in [0.4, 0.5) is 5.13 Å². The number of sulfonamides is 1. The zero-order valence-electron chi connectivity index (χ0n) is 18.3. The Morgan fingerprint density at radius 1 is 1.09 bits per heavy atom. The minimum Gasteiger partial charge on any atom is -0.453 e. The van der Waals surface area contributed by atoms with Gasteiger partial charge in [0.25, 0.3) is 0 Å². The van der Waals surface area contributed by atoms with Crippen molar-refractivity contribution in [2.24, 2.45) is 21.8 Å². The number of ether oxygens (including phenoxy) is 1. The number of primary sulfonamides is 1. The minimum absolute atomic E-state index is 0.0183. The highest BCUT2D eigenvalue weighted by Gasteiger charge is 2.26. The Bertz CT molecular complexity index is 1320. The number of carbonyl (C=O) groups excluding carboxylic acids is 1. The Morgan fingerprint density at radius 3 is 2.35 bits per heavy atom. The molecule has 1 heterocycles. The van der Waals surface area contributed by atoms with E-state index >= 15 is 0 Å². The van der Waals surface area contributed by atoms with Crippen LogP contribution < -0.4 is 15.6 Å². The highest BCUT2D eigenvalue weighted by Crippen LogP contribution is 2.33. The number of aldehydes is 1. The smallest absolute Gasteiger partial charge is 0.238 e. The van der Waals surface area contributed by atoms with Crippen LogP contribution in [0.1, 0.15) is 41.7 Å². The van der Waals surface area contributed by atoms with Gasteiger partial charge in [-0.1, -0.05) is 43.2 Å². The molecular formula is C24H24N4O4S2. The molecule has 4 N–H and O–H groups in total. The van der Waals surface area contributed by atoms with E-state index < -0.39 is 10.0 Å². The normalized spacial score (nSPS) is 15.7. The number of aromatic nitrogens is 1. The predicted molar refractivity (Wildman–Crippen MR) is 132 cm³/mol. The number of rotatable bonds is 8. The second-order valence-corrected chi connectivity index (χ2v) is 10.3. The fourth-order valence-electron chi connectivity index (χ4n) is 3.80. The summed E-state index contributed by atoms with van der Waals surface area (Å²) in [4.78, 5) is 20.1. The van der Waals surface area contributed by atoms with Gasteiger partial charge in [0, 0.05) is 16.9 Å². The third kappa shape index (κ3) is 5.58. The fraction of sp³-hybridized carbons (Fsp3) is 0.208. The van der Waals surface area contributed by atoms with Crippen molar-refractivity contribution in [2.45, 2.75) is 30.6 Å². The summed E-state index contributed by atoms with van der Waals surface area (Å²) < 4.78 is 29.5. The molecule has 0 spiro atoms. The van der Waals surface area contributed by atoms with Crippen LogP contribution in [-0.4, -0.2) is 25.4 Å². The topological polar surface area (TPSA) is 138 Å². The van der Waals surface area contributed by atoms with Gasteiger partial charge in [-0.15, -0.1) is 11.3 Å². The van der Waals surface area contributed by atoms with Crippen LogP contribution >= 0.6 is 11.3 Å². The lowest BCUT2D eigenvalue weighted by Gasteiger charge is -2.19. The third-order valence-electron chi connectivity index (χ3n) is 5.53. The van der Waals surface area contributed by atoms with Gasteiger partial charge in [-0.2, -0.15) is 0 Å². The summed E-state index contributed by atoms with van der Waals surface area (Å²) in [5.41, 5.74) is 8.79. The summed E-state index contributed by atoms with van der Waals surface area (Å²) in [5.74, 6) is 0.901. The van der Waals surface area contributed by atoms with Crippen LogP contribution in [0.25, 0.3) is 0 Å². The molecule has 0 radical (unpaired) electrons. The first kappa shape index (κ1) is 23.8. The van der Waals surface area contributed by atoms with Crippen molar-refractivity contribution >= 4 is 38.5 Å². The van der Waals surface area contributed by atoms with Crippen molar-refractivity contribution in [3.8, 4) is 5.75 Å². The molecule has 0 unspecified atom stereocenters. The predicted octanol–water partition coefficient (Wildman–Crippen LogP) is 4.16. The quantitative estimate of drug-likeness (QED) is 0.273. The summed E-state index contributed by atoms with van der Waals surface area (Å²) >= 11 is 1.24. The molecule has 0 aliphatic heterocycles. The van der Waals surface area contributed by atoms with Crippen molar-refractivity contribution in [3.63, 3.8) is 0 Å². The average Bonchev–Trinajstić information content (AvgIpc) is 3.53. The van der Waals surface area contributed by atoms with Crippen molar-refractivity contribution in [1.29, 1.82) is 0 Å². The summed E-state index contributed by atoms with van der Waals surface area (Å²) in [5, 5.41) is 7.24. The maximum atomic E-state index is 11.6. The molecule has 176 valence electrons. The summed E-state index contributed by atoms with van der Waals surface area (Å²) in [6, 6.07) is 15.3. The van der Waals surface area contributed by atoms with E-state index in [-0.39, 0.29) is 10.8 Å². The monoisotopic (exact) mass is 496 g/mol. The average molecular weight is 497 g/mol. The van der Waals surface area contributed by atoms with E-state index in [2.05, 4.69) is 4.98 Å². The molecule has 1 aliphatic carbocycles. The lowest BCUT2D eigenvalue weighted by atomic mass is 9.99. The van der Waals surface area contributed by atoms with Gasteiger partial charge < -0.3 is 10.5 Å². The molecule has 2 aromatic carbocycles. The van der Waals surface area contributed by atoms with E-state index in [1.807, 2.05) is 30.3 Å². The standard InChI is InChI=1S/C24H24N4O4S2/c25-21(16-6-4-5-7-16)23(32-19-10-12-20(13-11-19)34(26,30)31)22(17-8-2-1-3-9-17)28-24-27-18(14-29)15-33-24/h1-3,8-16H,4-7,25H2,(H2,26,30,31). The maximum absolute atomic E-state index is 11.6. The molecule has 34 heavy (non-hydrogen) atoms. The first-order chi connectivity index (χ1) is 16.3. The molecule has 0 atom stereocenters. The second-order valence-electron chi connectivity index (χ2n) is 7.88. The number of nitrogens with zero attached hydrogens (tertiary/aromatic N) is 2. The third-order valence-corrected chi connectivity index (χ3v) is 7.21. The number of benzene rings is 2. The fourth-order valence-corrected chi connectivity index (χ4v) is 4.95. The van der Waals surface area contributed by atoms with Crippen molar-refractivity contribution in [1.82, 2.24) is 4.98 Å². The first-order valence-corrected chi connectivity index (χ1v) is 13.1. The van der Waals surface area contributed by atoms with E-state index in [0.717, 1.165) is 31.2 Å². The van der Waals surface area contributed by atoms with Crippen LogP contribution in [0.5, 0.6) is 5.75 Å². The van der Waals surface area contributed by atoms with Crippen molar-refractivity contribution < 1.29 is 17.9 Å². The van der Waals surface area contributed by atoms with Crippen LogP contribution in [0, 0.1) is 5.92 Å². The number of hydrogen-bond acceptors (Lipinski definition) is 8. The molecule has 1 saturated carbocycles. The number of carbonyl (C=O) groups is 1. The summed E-state index contributed by atoms with van der Waals surface area (Å²) in [6.45, 7) is 0. The SMILES string of the molecule is NC(=C(Oc1ccc(S(N)(=O)=O)cc1)C(=Nc1nc(C=O)cs1)c1ccccc1)C1CCCC1. The van der Waals surface area contributed by atoms with Crippen molar-refractivity contribution in [3.05, 3.63) is 82.7 Å². The number of nitrogens with two attached hydrogens (primary N) is 2. The zero-order valence-corrected chi connectivity index (χ0v) is 19.9. The Labute approximate surface area is 202 Å². The zero-order chi connectivity index (χ0) is 24.1. The number of hydrogen-bond donors (Lipinski definition) is 2. The molecular weight excluding hydrogens is 472 g/mol. The van der Waals surface area contributed by atoms with E-state index in [1.165, 1.54) is 35.6 Å². The molecule has 8 nitrogen and oxygen atoms in total. The van der Waals surface area contributed by atoms with Crippen LogP contribution in [0.2, 0.25) is 0 Å². The molecule has 1 aliphatic rings. The van der Waals surface area contributed by atoms with Gasteiger partial charge in [0.1, 0.15) is 17.2 Å². The molecule has 1 fully saturated rings. The Balaban J connectivity index is 1.83. The van der Waals surface area contributed by atoms with E-state index in [1.54, 1.807) is 5.38 Å². The van der Waals surface area contributed by atoms with Crippen molar-refractivity contribution in [2.75, 3.05) is 0 Å². The lowest BCUT2D eigenvalue weighted by Crippen LogP contribution is -2.21. The van der Waals surface area contributed by atoms with Gasteiger partial charge in [0.2, 0.25) is 15.2 Å². The molecule has 0 amide bonds. The summed E-state index contributed by atoms with van der Waals surface area (Å²) in [6.07, 6.45) is 4.71. The van der Waals surface area contributed by atoms with Gasteiger partial charge in [0.15, 0.2) is 12.0 Å². The number of aliphatic imine (C=N–C) groups is 1. The van der Waals surface area contributed by atoms with Gasteiger partial charge in [-0.25, -0.2) is 23.5 Å². The number of allylic oxidation sites excluding steroid dienone is 2. The largest absolute Gasteiger partial charge is 0.453 e. The lowest BCUT2D eigenvalue weighted by molar-refractivity contribution is 0.111. The van der Waals surface area contributed by atoms with Gasteiger partial charge in [-0.3, -0.25) is 4.79 Å². The van der Waals surface area contributed by atoms with Crippen LogP contribution in [0.3, 0.4) is 0 Å². The second kappa shape index (κ2) is 10.3. The van der Waals surface area contributed by atoms with Crippen LogP contribution in [0.15, 0.2) is 81.3 Å². The van der Waals surface area contributed by atoms with E-state index in [9.17, 15) is 13.2 Å². The Kier molecular flexibility index (Phi) is 7.20. The first-order valence-electron chi connectivity index (χ1n) is 10.7. The Morgan fingerprint density at radius 2 is 1.76 bits per heavy atom. The molecule has 0 saturated heterocycles. The summed E-state index contributed by atoms with van der Waals surface area (Å²) in [7, 11) is -3.83. The molecule has 3 aromatic rings. The van der Waals surface area contributed by atoms with E-state index in [4.69, 9.17) is 20.6 Å². The molecule has 1 aromatic heterocycles. The van der Waals surface area contributed by atoms with Gasteiger partial charge >= 0.3 is 0 Å². The highest BCUT2D eigenvalue weighted by atomic mass is 32.2. The molecule has 4 rings (SSSR count). The van der Waals surface area contributed by atoms with Gasteiger partial charge in [-0.05, 0) is 37.1 Å². The molecule has 0 bridgehead atoms. The number of thiazole rings is 1.